The van der Waals surface area contributed by atoms with Gasteiger partial charge in [0.15, 0.2) is 0 Å². The maximum Gasteiger partial charge on any atom is 0.314 e. The Morgan fingerprint density at radius 3 is 2.83 bits per heavy atom. The second-order valence-corrected chi connectivity index (χ2v) is 5.68. The highest BCUT2D eigenvalue weighted by Gasteiger charge is 2.22. The average Bonchev–Trinajstić information content (AvgIpc) is 3.03. The van der Waals surface area contributed by atoms with Crippen molar-refractivity contribution in [2.75, 3.05) is 25.0 Å². The van der Waals surface area contributed by atoms with Crippen LogP contribution in [0.25, 0.3) is 0 Å². The van der Waals surface area contributed by atoms with E-state index in [1.54, 1.807) is 6.20 Å². The molecule has 0 bridgehead atoms. The van der Waals surface area contributed by atoms with Crippen LogP contribution in [0.4, 0.5) is 10.6 Å². The van der Waals surface area contributed by atoms with Crippen molar-refractivity contribution in [3.63, 3.8) is 0 Å². The van der Waals surface area contributed by atoms with Gasteiger partial charge in [0.05, 0.1) is 6.54 Å². The van der Waals surface area contributed by atoms with E-state index in [4.69, 9.17) is 4.74 Å². The van der Waals surface area contributed by atoms with Gasteiger partial charge in [-0.05, 0) is 30.2 Å². The molecule has 3 rings (SSSR count). The number of urea groups is 1. The van der Waals surface area contributed by atoms with Crippen molar-refractivity contribution >= 4 is 11.8 Å². The molecule has 2 amide bonds. The van der Waals surface area contributed by atoms with Gasteiger partial charge < -0.3 is 20.7 Å². The molecule has 6 heteroatoms. The molecule has 1 aliphatic rings. The number of nitrogens with zero attached hydrogens (tertiary/aromatic N) is 1. The van der Waals surface area contributed by atoms with Crippen LogP contribution in [0.5, 0.6) is 5.75 Å². The molecule has 1 aliphatic heterocycles. The third-order valence-corrected chi connectivity index (χ3v) is 3.81. The van der Waals surface area contributed by atoms with Gasteiger partial charge in [0, 0.05) is 25.7 Å². The lowest BCUT2D eigenvalue weighted by molar-refractivity contribution is 0.214. The summed E-state index contributed by atoms with van der Waals surface area (Å²) >= 11 is 0. The Balaban J connectivity index is 1.26. The first-order valence-corrected chi connectivity index (χ1v) is 8.22. The summed E-state index contributed by atoms with van der Waals surface area (Å²) in [5, 5.41) is 8.91. The van der Waals surface area contributed by atoms with E-state index in [9.17, 15) is 4.79 Å². The number of carbonyl (C=O) groups is 1. The molecule has 2 heterocycles. The molecule has 0 saturated heterocycles. The first-order valence-electron chi connectivity index (χ1n) is 8.22. The predicted molar refractivity (Wildman–Crippen MR) is 93.3 cm³/mol. The van der Waals surface area contributed by atoms with Crippen molar-refractivity contribution in [1.82, 2.24) is 15.6 Å². The summed E-state index contributed by atoms with van der Waals surface area (Å²) in [5.74, 6) is 1.77. The SMILES string of the molecule is O=C(NCCCNc1ccccn1)NCC1Cc2ccccc2O1. The molecule has 0 fully saturated rings. The number of amides is 2. The van der Waals surface area contributed by atoms with Gasteiger partial charge in [-0.25, -0.2) is 9.78 Å². The lowest BCUT2D eigenvalue weighted by atomic mass is 10.1. The lowest BCUT2D eigenvalue weighted by Gasteiger charge is -2.13. The zero-order valence-corrected chi connectivity index (χ0v) is 13.5. The van der Waals surface area contributed by atoms with E-state index >= 15 is 0 Å². The maximum absolute atomic E-state index is 11.8. The lowest BCUT2D eigenvalue weighted by Crippen LogP contribution is -2.41. The number of ether oxygens (including phenoxy) is 1. The smallest absolute Gasteiger partial charge is 0.314 e. The molecule has 1 aromatic heterocycles. The maximum atomic E-state index is 11.8. The highest BCUT2D eigenvalue weighted by Crippen LogP contribution is 2.27. The van der Waals surface area contributed by atoms with Crippen molar-refractivity contribution in [2.45, 2.75) is 18.9 Å². The Hall–Kier alpha value is -2.76. The first-order chi connectivity index (χ1) is 11.8. The molecule has 0 spiro atoms. The van der Waals surface area contributed by atoms with Crippen LogP contribution in [-0.2, 0) is 6.42 Å². The van der Waals surface area contributed by atoms with Crippen LogP contribution in [0.3, 0.4) is 0 Å². The van der Waals surface area contributed by atoms with E-state index in [1.807, 2.05) is 36.4 Å². The normalized spacial score (nSPS) is 15.2. The van der Waals surface area contributed by atoms with Crippen molar-refractivity contribution in [3.05, 3.63) is 54.2 Å². The molecule has 0 saturated carbocycles. The van der Waals surface area contributed by atoms with E-state index in [-0.39, 0.29) is 12.1 Å². The van der Waals surface area contributed by atoms with Gasteiger partial charge in [-0.2, -0.15) is 0 Å². The standard InChI is InChI=1S/C18H22N4O2/c23-18(21-11-5-10-20-17-8-3-4-9-19-17)22-13-15-12-14-6-1-2-7-16(14)24-15/h1-4,6-9,15H,5,10-13H2,(H,19,20)(H2,21,22,23). The number of rotatable bonds is 7. The zero-order valence-electron chi connectivity index (χ0n) is 13.5. The third-order valence-electron chi connectivity index (χ3n) is 3.81. The molecular formula is C18H22N4O2. The minimum absolute atomic E-state index is 0.0129. The number of fused-ring (bicyclic) bond motifs is 1. The molecule has 1 aromatic carbocycles. The van der Waals surface area contributed by atoms with Gasteiger partial charge in [-0.1, -0.05) is 24.3 Å². The highest BCUT2D eigenvalue weighted by atomic mass is 16.5. The van der Waals surface area contributed by atoms with E-state index in [0.29, 0.717) is 13.1 Å². The van der Waals surface area contributed by atoms with Crippen LogP contribution in [0, 0.1) is 0 Å². The summed E-state index contributed by atoms with van der Waals surface area (Å²) < 4.78 is 5.79. The summed E-state index contributed by atoms with van der Waals surface area (Å²) in [6, 6.07) is 13.6. The van der Waals surface area contributed by atoms with E-state index in [2.05, 4.69) is 27.0 Å². The first kappa shape index (κ1) is 16.1. The molecule has 0 aliphatic carbocycles. The fourth-order valence-electron chi connectivity index (χ4n) is 2.61. The van der Waals surface area contributed by atoms with Gasteiger partial charge in [0.25, 0.3) is 0 Å². The van der Waals surface area contributed by atoms with Gasteiger partial charge in [0.2, 0.25) is 0 Å². The van der Waals surface area contributed by atoms with Crippen LogP contribution in [0.1, 0.15) is 12.0 Å². The Kier molecular flexibility index (Phi) is 5.50. The van der Waals surface area contributed by atoms with Crippen LogP contribution >= 0.6 is 0 Å². The number of para-hydroxylation sites is 1. The van der Waals surface area contributed by atoms with Gasteiger partial charge in [-0.15, -0.1) is 0 Å². The molecule has 2 aromatic rings. The monoisotopic (exact) mass is 326 g/mol. The molecule has 24 heavy (non-hydrogen) atoms. The van der Waals surface area contributed by atoms with E-state index < -0.39 is 0 Å². The predicted octanol–water partition coefficient (Wildman–Crippen LogP) is 2.19. The number of aromatic nitrogens is 1. The molecule has 1 atom stereocenters. The van der Waals surface area contributed by atoms with Crippen molar-refractivity contribution in [2.24, 2.45) is 0 Å². The summed E-state index contributed by atoms with van der Waals surface area (Å²) in [6.45, 7) is 1.88. The van der Waals surface area contributed by atoms with Crippen molar-refractivity contribution < 1.29 is 9.53 Å². The topological polar surface area (TPSA) is 75.3 Å². The Labute approximate surface area is 141 Å². The Bertz CT molecular complexity index is 638. The fraction of sp³-hybridized carbons (Fsp3) is 0.333. The molecule has 0 radical (unpaired) electrons. The number of anilines is 1. The number of nitrogens with one attached hydrogen (secondary N) is 3. The summed E-state index contributed by atoms with van der Waals surface area (Å²) in [5.41, 5.74) is 1.20. The van der Waals surface area contributed by atoms with Crippen LogP contribution < -0.4 is 20.7 Å². The molecular weight excluding hydrogens is 304 g/mol. The van der Waals surface area contributed by atoms with Gasteiger partial charge >= 0.3 is 6.03 Å². The summed E-state index contributed by atoms with van der Waals surface area (Å²) in [6.07, 6.45) is 3.43. The zero-order chi connectivity index (χ0) is 16.6. The highest BCUT2D eigenvalue weighted by molar-refractivity contribution is 5.73. The summed E-state index contributed by atoms with van der Waals surface area (Å²) in [4.78, 5) is 16.0. The largest absolute Gasteiger partial charge is 0.488 e. The number of hydrogen-bond acceptors (Lipinski definition) is 4. The molecule has 3 N–H and O–H groups in total. The number of hydrogen-bond donors (Lipinski definition) is 3. The quantitative estimate of drug-likeness (QED) is 0.682. The summed E-state index contributed by atoms with van der Waals surface area (Å²) in [7, 11) is 0. The van der Waals surface area contributed by atoms with Crippen LogP contribution in [-0.4, -0.2) is 36.8 Å². The second-order valence-electron chi connectivity index (χ2n) is 5.68. The minimum atomic E-state index is -0.160. The number of pyridine rings is 1. The molecule has 6 nitrogen and oxygen atoms in total. The fourth-order valence-corrected chi connectivity index (χ4v) is 2.61. The van der Waals surface area contributed by atoms with Crippen LogP contribution in [0.2, 0.25) is 0 Å². The number of carbonyl (C=O) groups excluding carboxylic acids is 1. The van der Waals surface area contributed by atoms with E-state index in [1.165, 1.54) is 5.56 Å². The van der Waals surface area contributed by atoms with Gasteiger partial charge in [0.1, 0.15) is 17.7 Å². The molecule has 126 valence electrons. The second kappa shape index (κ2) is 8.19. The molecule has 1 unspecified atom stereocenters. The van der Waals surface area contributed by atoms with E-state index in [0.717, 1.165) is 31.0 Å². The van der Waals surface area contributed by atoms with Crippen molar-refractivity contribution in [3.8, 4) is 5.75 Å². The third kappa shape index (κ3) is 4.62. The van der Waals surface area contributed by atoms with Gasteiger partial charge in [-0.3, -0.25) is 0 Å². The Morgan fingerprint density at radius 1 is 1.12 bits per heavy atom. The van der Waals surface area contributed by atoms with Crippen LogP contribution in [0.15, 0.2) is 48.7 Å². The average molecular weight is 326 g/mol. The Morgan fingerprint density at radius 2 is 2.00 bits per heavy atom. The minimum Gasteiger partial charge on any atom is -0.488 e. The van der Waals surface area contributed by atoms with Crippen molar-refractivity contribution in [1.29, 1.82) is 0 Å². The number of benzene rings is 1.